The Morgan fingerprint density at radius 2 is 1.69 bits per heavy atom. The number of amides is 2. The summed E-state index contributed by atoms with van der Waals surface area (Å²) in [6.45, 7) is 6.38. The molecule has 1 saturated carbocycles. The maximum Gasteiger partial charge on any atom is 0.275 e. The van der Waals surface area contributed by atoms with Crippen molar-refractivity contribution in [2.24, 2.45) is 0 Å². The minimum absolute atomic E-state index is 0.0879. The van der Waals surface area contributed by atoms with E-state index in [0.717, 1.165) is 59.2 Å². The molecule has 2 heterocycles. The smallest absolute Gasteiger partial charge is 0.275 e. The number of carbonyl (C=O) groups excluding carboxylic acids is 2. The summed E-state index contributed by atoms with van der Waals surface area (Å²) in [5.74, 6) is 0.484. The Labute approximate surface area is 213 Å². The van der Waals surface area contributed by atoms with E-state index in [-0.39, 0.29) is 17.9 Å². The highest BCUT2D eigenvalue weighted by Gasteiger charge is 2.49. The van der Waals surface area contributed by atoms with Crippen LogP contribution in [0.25, 0.3) is 10.9 Å². The first-order chi connectivity index (χ1) is 17.3. The van der Waals surface area contributed by atoms with E-state index in [0.29, 0.717) is 12.2 Å². The second-order valence-electron chi connectivity index (χ2n) is 10.7. The molecule has 1 N–H and O–H groups in total. The van der Waals surface area contributed by atoms with Crippen LogP contribution in [0.5, 0.6) is 5.75 Å². The van der Waals surface area contributed by atoms with Crippen molar-refractivity contribution in [2.45, 2.75) is 83.8 Å². The van der Waals surface area contributed by atoms with Crippen LogP contribution in [0.3, 0.4) is 0 Å². The van der Waals surface area contributed by atoms with Crippen molar-refractivity contribution >= 4 is 28.4 Å². The van der Waals surface area contributed by atoms with Crippen LogP contribution in [0.1, 0.15) is 73.5 Å². The number of aryl methyl sites for hydroxylation is 2. The van der Waals surface area contributed by atoms with Gasteiger partial charge in [0, 0.05) is 23.2 Å². The van der Waals surface area contributed by atoms with Crippen LogP contribution >= 0.6 is 0 Å². The molecule has 6 nitrogen and oxygen atoms in total. The van der Waals surface area contributed by atoms with Crippen molar-refractivity contribution in [2.75, 3.05) is 12.0 Å². The van der Waals surface area contributed by atoms with Gasteiger partial charge >= 0.3 is 0 Å². The summed E-state index contributed by atoms with van der Waals surface area (Å²) in [7, 11) is 1.64. The minimum atomic E-state index is -1.08. The van der Waals surface area contributed by atoms with E-state index in [2.05, 4.69) is 12.2 Å². The van der Waals surface area contributed by atoms with Crippen molar-refractivity contribution < 1.29 is 14.3 Å². The van der Waals surface area contributed by atoms with E-state index in [9.17, 15) is 9.59 Å². The molecule has 1 aliphatic carbocycles. The van der Waals surface area contributed by atoms with Crippen LogP contribution < -0.4 is 15.0 Å². The Bertz CT molecular complexity index is 1300. The lowest BCUT2D eigenvalue weighted by molar-refractivity contribution is -0.127. The van der Waals surface area contributed by atoms with Gasteiger partial charge in [-0.05, 0) is 75.1 Å². The maximum atomic E-state index is 14.1. The average molecular weight is 488 g/mol. The van der Waals surface area contributed by atoms with Gasteiger partial charge < -0.3 is 14.6 Å². The third-order valence-corrected chi connectivity index (χ3v) is 8.17. The number of nitrogens with one attached hydrogen (secondary N) is 1. The number of carbonyl (C=O) groups is 2. The Balaban J connectivity index is 1.60. The number of ether oxygens (including phenoxy) is 1. The zero-order valence-corrected chi connectivity index (χ0v) is 21.9. The van der Waals surface area contributed by atoms with Gasteiger partial charge in [0.1, 0.15) is 17.0 Å². The van der Waals surface area contributed by atoms with Gasteiger partial charge in [0.15, 0.2) is 0 Å². The molecule has 6 heteroatoms. The molecular weight excluding hydrogens is 450 g/mol. The summed E-state index contributed by atoms with van der Waals surface area (Å²) in [5.41, 5.74) is 3.43. The number of hydrogen-bond donors (Lipinski definition) is 1. The molecular formula is C30H37N3O3. The van der Waals surface area contributed by atoms with E-state index < -0.39 is 5.54 Å². The van der Waals surface area contributed by atoms with Crippen LogP contribution in [0.2, 0.25) is 0 Å². The highest BCUT2D eigenvalue weighted by atomic mass is 16.5. The van der Waals surface area contributed by atoms with E-state index in [1.54, 1.807) is 12.0 Å². The molecule has 36 heavy (non-hydrogen) atoms. The van der Waals surface area contributed by atoms with E-state index in [4.69, 9.17) is 4.74 Å². The van der Waals surface area contributed by atoms with Gasteiger partial charge in [-0.1, -0.05) is 38.2 Å². The lowest BCUT2D eigenvalue weighted by Crippen LogP contribution is -2.65. The number of fused-ring (bicyclic) bond motifs is 3. The van der Waals surface area contributed by atoms with E-state index >= 15 is 0 Å². The van der Waals surface area contributed by atoms with Crippen LogP contribution in [0.4, 0.5) is 5.69 Å². The van der Waals surface area contributed by atoms with Gasteiger partial charge in [-0.2, -0.15) is 0 Å². The van der Waals surface area contributed by atoms with Crippen molar-refractivity contribution in [3.05, 3.63) is 59.3 Å². The molecule has 1 unspecified atom stereocenters. The highest BCUT2D eigenvalue weighted by Crippen LogP contribution is 2.37. The molecule has 1 aliphatic heterocycles. The SMILES string of the molecule is COc1ccc2cc3n(c2c1)CC(C)(C(=O)NC1CCCCCCC1)N(c1ccc(C)c(C)c1)C3=O. The molecule has 0 radical (unpaired) electrons. The van der Waals surface area contributed by atoms with Crippen molar-refractivity contribution in [3.63, 3.8) is 0 Å². The van der Waals surface area contributed by atoms with Crippen molar-refractivity contribution in [3.8, 4) is 5.75 Å². The molecule has 2 aliphatic rings. The molecule has 0 bridgehead atoms. The fraction of sp³-hybridized carbons (Fsp3) is 0.467. The number of hydrogen-bond acceptors (Lipinski definition) is 3. The molecule has 0 saturated heterocycles. The Hall–Kier alpha value is -3.28. The van der Waals surface area contributed by atoms with Gasteiger partial charge in [0.05, 0.1) is 19.2 Å². The molecule has 1 aromatic heterocycles. The fourth-order valence-electron chi connectivity index (χ4n) is 5.81. The molecule has 3 aromatic rings. The number of nitrogens with zero attached hydrogens (tertiary/aromatic N) is 2. The largest absolute Gasteiger partial charge is 0.497 e. The summed E-state index contributed by atoms with van der Waals surface area (Å²) < 4.78 is 7.45. The topological polar surface area (TPSA) is 63.6 Å². The quantitative estimate of drug-likeness (QED) is 0.497. The summed E-state index contributed by atoms with van der Waals surface area (Å²) >= 11 is 0. The fourth-order valence-corrected chi connectivity index (χ4v) is 5.81. The van der Waals surface area contributed by atoms with E-state index in [1.807, 2.05) is 60.9 Å². The highest BCUT2D eigenvalue weighted by molar-refractivity contribution is 6.14. The van der Waals surface area contributed by atoms with Crippen molar-refractivity contribution in [1.29, 1.82) is 0 Å². The summed E-state index contributed by atoms with van der Waals surface area (Å²) in [5, 5.41) is 4.33. The number of aromatic nitrogens is 1. The third kappa shape index (κ3) is 4.27. The van der Waals surface area contributed by atoms with Gasteiger partial charge in [0.25, 0.3) is 5.91 Å². The lowest BCUT2D eigenvalue weighted by Gasteiger charge is -2.44. The lowest BCUT2D eigenvalue weighted by atomic mass is 9.91. The maximum absolute atomic E-state index is 14.1. The molecule has 0 spiro atoms. The number of rotatable bonds is 4. The van der Waals surface area contributed by atoms with Gasteiger partial charge in [0.2, 0.25) is 5.91 Å². The Morgan fingerprint density at radius 3 is 2.39 bits per heavy atom. The van der Waals surface area contributed by atoms with Crippen LogP contribution in [-0.4, -0.2) is 35.1 Å². The summed E-state index contributed by atoms with van der Waals surface area (Å²) in [6, 6.07) is 13.9. The first-order valence-electron chi connectivity index (χ1n) is 13.2. The Kier molecular flexibility index (Phi) is 6.54. The molecule has 2 aromatic carbocycles. The van der Waals surface area contributed by atoms with Crippen LogP contribution in [0, 0.1) is 13.8 Å². The van der Waals surface area contributed by atoms with E-state index in [1.165, 1.54) is 19.3 Å². The van der Waals surface area contributed by atoms with Gasteiger partial charge in [-0.25, -0.2) is 0 Å². The van der Waals surface area contributed by atoms with Crippen LogP contribution in [0.15, 0.2) is 42.5 Å². The second kappa shape index (κ2) is 9.64. The summed E-state index contributed by atoms with van der Waals surface area (Å²) in [6.07, 6.45) is 7.97. The second-order valence-corrected chi connectivity index (χ2v) is 10.7. The third-order valence-electron chi connectivity index (χ3n) is 8.17. The Morgan fingerprint density at radius 1 is 0.972 bits per heavy atom. The van der Waals surface area contributed by atoms with Crippen LogP contribution in [-0.2, 0) is 11.3 Å². The average Bonchev–Trinajstić information content (AvgIpc) is 3.20. The molecule has 190 valence electrons. The monoisotopic (exact) mass is 487 g/mol. The molecule has 2 amide bonds. The predicted octanol–water partition coefficient (Wildman–Crippen LogP) is 5.91. The first-order valence-corrected chi connectivity index (χ1v) is 13.2. The first kappa shape index (κ1) is 24.4. The molecule has 1 fully saturated rings. The predicted molar refractivity (Wildman–Crippen MR) is 144 cm³/mol. The van der Waals surface area contributed by atoms with Crippen molar-refractivity contribution in [1.82, 2.24) is 9.88 Å². The zero-order valence-electron chi connectivity index (χ0n) is 21.9. The number of benzene rings is 2. The normalized spacial score (nSPS) is 21.1. The molecule has 1 atom stereocenters. The number of methoxy groups -OCH3 is 1. The molecule has 5 rings (SSSR count). The van der Waals surface area contributed by atoms with Gasteiger partial charge in [-0.15, -0.1) is 0 Å². The minimum Gasteiger partial charge on any atom is -0.497 e. The number of anilines is 1. The van der Waals surface area contributed by atoms with Gasteiger partial charge in [-0.3, -0.25) is 14.5 Å². The standard InChI is InChI=1S/C30H37N3O3/c1-20-12-14-24(16-21(20)2)33-28(34)27-17-22-13-15-25(36-4)18-26(22)32(27)19-30(33,3)29(35)31-23-10-8-6-5-7-9-11-23/h12-18,23H,5-11,19H2,1-4H3,(H,31,35). The zero-order chi connectivity index (χ0) is 25.4. The summed E-state index contributed by atoms with van der Waals surface area (Å²) in [4.78, 5) is 30.0.